The number of nitrogens with one attached hydrogen (secondary N) is 1. The fraction of sp³-hybridized carbons (Fsp3) is 0.238. The van der Waals surface area contributed by atoms with E-state index in [1.54, 1.807) is 6.20 Å². The minimum atomic E-state index is -0.373. The number of amides is 1. The second-order valence-corrected chi connectivity index (χ2v) is 6.33. The van der Waals surface area contributed by atoms with Crippen molar-refractivity contribution in [2.75, 3.05) is 36.4 Å². The summed E-state index contributed by atoms with van der Waals surface area (Å²) in [6.45, 7) is 5.26. The van der Waals surface area contributed by atoms with E-state index in [-0.39, 0.29) is 11.5 Å². The first kappa shape index (κ1) is 17.6. The Morgan fingerprint density at radius 2 is 1.69 bits per heavy atom. The standard InChI is InChI=1S/C21H22N4O/c1-17-7-9-19(10-8-17)23-21(26)18(15-22)16-24-11-13-25(14-12-24)20-5-3-2-4-6-20/h2-10,16H,11-14H2,1H3,(H,23,26)/b18-16-. The molecular formula is C21H22N4O. The van der Waals surface area contributed by atoms with Crippen molar-refractivity contribution in [2.24, 2.45) is 0 Å². The summed E-state index contributed by atoms with van der Waals surface area (Å²) in [4.78, 5) is 16.7. The molecule has 0 spiro atoms. The largest absolute Gasteiger partial charge is 0.373 e. The highest BCUT2D eigenvalue weighted by Crippen LogP contribution is 2.16. The summed E-state index contributed by atoms with van der Waals surface area (Å²) in [5.41, 5.74) is 3.14. The summed E-state index contributed by atoms with van der Waals surface area (Å²) in [5.74, 6) is -0.373. The topological polar surface area (TPSA) is 59.4 Å². The van der Waals surface area contributed by atoms with Crippen molar-refractivity contribution in [2.45, 2.75) is 6.92 Å². The molecule has 5 nitrogen and oxygen atoms in total. The van der Waals surface area contributed by atoms with Crippen molar-refractivity contribution in [3.63, 3.8) is 0 Å². The minimum Gasteiger partial charge on any atom is -0.373 e. The van der Waals surface area contributed by atoms with Gasteiger partial charge >= 0.3 is 0 Å². The van der Waals surface area contributed by atoms with E-state index < -0.39 is 0 Å². The maximum absolute atomic E-state index is 12.3. The molecule has 1 heterocycles. The molecule has 3 rings (SSSR count). The third kappa shape index (κ3) is 4.42. The second kappa shape index (κ2) is 8.21. The van der Waals surface area contributed by atoms with E-state index in [0.717, 1.165) is 31.7 Å². The molecule has 1 aliphatic rings. The van der Waals surface area contributed by atoms with Crippen LogP contribution in [0.15, 0.2) is 66.4 Å². The zero-order chi connectivity index (χ0) is 18.4. The van der Waals surface area contributed by atoms with Gasteiger partial charge < -0.3 is 15.1 Å². The molecule has 0 unspecified atom stereocenters. The molecule has 1 amide bonds. The average Bonchev–Trinajstić information content (AvgIpc) is 2.69. The molecule has 0 bridgehead atoms. The fourth-order valence-electron chi connectivity index (χ4n) is 2.90. The zero-order valence-electron chi connectivity index (χ0n) is 14.9. The lowest BCUT2D eigenvalue weighted by molar-refractivity contribution is -0.112. The number of aryl methyl sites for hydroxylation is 1. The quantitative estimate of drug-likeness (QED) is 0.682. The smallest absolute Gasteiger partial charge is 0.267 e. The normalized spacial score (nSPS) is 14.7. The van der Waals surface area contributed by atoms with Gasteiger partial charge in [0.1, 0.15) is 11.6 Å². The van der Waals surface area contributed by atoms with Crippen LogP contribution < -0.4 is 10.2 Å². The van der Waals surface area contributed by atoms with E-state index in [1.807, 2.05) is 60.4 Å². The van der Waals surface area contributed by atoms with Crippen LogP contribution >= 0.6 is 0 Å². The van der Waals surface area contributed by atoms with Crippen molar-refractivity contribution in [3.05, 3.63) is 71.9 Å². The van der Waals surface area contributed by atoms with Crippen LogP contribution in [0.4, 0.5) is 11.4 Å². The molecule has 2 aromatic rings. The van der Waals surface area contributed by atoms with Crippen LogP contribution in [0.5, 0.6) is 0 Å². The summed E-state index contributed by atoms with van der Waals surface area (Å²) < 4.78 is 0. The number of benzene rings is 2. The number of nitrogens with zero attached hydrogens (tertiary/aromatic N) is 3. The van der Waals surface area contributed by atoms with E-state index in [9.17, 15) is 10.1 Å². The Morgan fingerprint density at radius 3 is 2.31 bits per heavy atom. The highest BCUT2D eigenvalue weighted by Gasteiger charge is 2.17. The molecule has 132 valence electrons. The first-order chi connectivity index (χ1) is 12.7. The number of hydrogen-bond donors (Lipinski definition) is 1. The maximum atomic E-state index is 12.3. The van der Waals surface area contributed by atoms with Gasteiger partial charge in [0, 0.05) is 43.8 Å². The maximum Gasteiger partial charge on any atom is 0.267 e. The number of nitriles is 1. The third-order valence-corrected chi connectivity index (χ3v) is 4.42. The van der Waals surface area contributed by atoms with Crippen molar-refractivity contribution in [1.29, 1.82) is 5.26 Å². The molecule has 26 heavy (non-hydrogen) atoms. The monoisotopic (exact) mass is 346 g/mol. The van der Waals surface area contributed by atoms with Crippen LogP contribution in [-0.2, 0) is 4.79 Å². The van der Waals surface area contributed by atoms with Crippen molar-refractivity contribution in [1.82, 2.24) is 4.90 Å². The van der Waals surface area contributed by atoms with E-state index in [4.69, 9.17) is 0 Å². The van der Waals surface area contributed by atoms with Gasteiger partial charge in [-0.25, -0.2) is 0 Å². The van der Waals surface area contributed by atoms with E-state index in [0.29, 0.717) is 5.69 Å². The first-order valence-corrected chi connectivity index (χ1v) is 8.70. The first-order valence-electron chi connectivity index (χ1n) is 8.70. The summed E-state index contributed by atoms with van der Waals surface area (Å²) in [6, 6.07) is 19.8. The van der Waals surface area contributed by atoms with Gasteiger partial charge in [0.05, 0.1) is 0 Å². The Labute approximate surface area is 154 Å². The van der Waals surface area contributed by atoms with Gasteiger partial charge in [-0.3, -0.25) is 4.79 Å². The number of hydrogen-bond acceptors (Lipinski definition) is 4. The van der Waals surface area contributed by atoms with Gasteiger partial charge in [0.2, 0.25) is 0 Å². The summed E-state index contributed by atoms with van der Waals surface area (Å²) in [7, 11) is 0. The number of anilines is 2. The molecule has 0 aromatic heterocycles. The molecule has 0 saturated carbocycles. The molecule has 5 heteroatoms. The number of carbonyl (C=O) groups excluding carboxylic acids is 1. The van der Waals surface area contributed by atoms with Gasteiger partial charge in [-0.05, 0) is 31.2 Å². The Hall–Kier alpha value is -3.26. The van der Waals surface area contributed by atoms with Crippen molar-refractivity contribution in [3.8, 4) is 6.07 Å². The number of rotatable bonds is 4. The van der Waals surface area contributed by atoms with Crippen LogP contribution in [0.1, 0.15) is 5.56 Å². The second-order valence-electron chi connectivity index (χ2n) is 6.33. The highest BCUT2D eigenvalue weighted by atomic mass is 16.1. The Balaban J connectivity index is 1.60. The molecule has 1 saturated heterocycles. The summed E-state index contributed by atoms with van der Waals surface area (Å²) in [5, 5.41) is 12.1. The number of para-hydroxylation sites is 1. The van der Waals surface area contributed by atoms with Gasteiger partial charge in [0.25, 0.3) is 5.91 Å². The van der Waals surface area contributed by atoms with Gasteiger partial charge in [-0.2, -0.15) is 5.26 Å². The van der Waals surface area contributed by atoms with Crippen LogP contribution in [-0.4, -0.2) is 37.0 Å². The molecule has 0 atom stereocenters. The lowest BCUT2D eigenvalue weighted by Crippen LogP contribution is -2.44. The van der Waals surface area contributed by atoms with Crippen molar-refractivity contribution >= 4 is 17.3 Å². The SMILES string of the molecule is Cc1ccc(NC(=O)/C(C#N)=C\N2CCN(c3ccccc3)CC2)cc1. The van der Waals surface area contributed by atoms with Crippen LogP contribution in [0.2, 0.25) is 0 Å². The predicted octanol–water partition coefficient (Wildman–Crippen LogP) is 3.16. The zero-order valence-corrected chi connectivity index (χ0v) is 14.9. The number of piperazine rings is 1. The third-order valence-electron chi connectivity index (χ3n) is 4.42. The predicted molar refractivity (Wildman–Crippen MR) is 104 cm³/mol. The fourth-order valence-corrected chi connectivity index (χ4v) is 2.90. The minimum absolute atomic E-state index is 0.124. The molecular weight excluding hydrogens is 324 g/mol. The van der Waals surface area contributed by atoms with Crippen LogP contribution in [0.3, 0.4) is 0 Å². The molecule has 1 fully saturated rings. The number of carbonyl (C=O) groups is 1. The average molecular weight is 346 g/mol. The molecule has 1 N–H and O–H groups in total. The molecule has 0 aliphatic carbocycles. The lowest BCUT2D eigenvalue weighted by atomic mass is 10.2. The van der Waals surface area contributed by atoms with E-state index >= 15 is 0 Å². The Bertz CT molecular complexity index is 813. The summed E-state index contributed by atoms with van der Waals surface area (Å²) >= 11 is 0. The Kier molecular flexibility index (Phi) is 5.55. The van der Waals surface area contributed by atoms with E-state index in [2.05, 4.69) is 22.3 Å². The van der Waals surface area contributed by atoms with Gasteiger partial charge in [-0.1, -0.05) is 35.9 Å². The Morgan fingerprint density at radius 1 is 1.04 bits per heavy atom. The highest BCUT2D eigenvalue weighted by molar-refractivity contribution is 6.06. The summed E-state index contributed by atoms with van der Waals surface area (Å²) in [6.07, 6.45) is 1.67. The van der Waals surface area contributed by atoms with Gasteiger partial charge in [0.15, 0.2) is 0 Å². The molecule has 0 radical (unpaired) electrons. The van der Waals surface area contributed by atoms with Crippen LogP contribution in [0.25, 0.3) is 0 Å². The van der Waals surface area contributed by atoms with Gasteiger partial charge in [-0.15, -0.1) is 0 Å². The van der Waals surface area contributed by atoms with Crippen LogP contribution in [0, 0.1) is 18.3 Å². The van der Waals surface area contributed by atoms with E-state index in [1.165, 1.54) is 5.69 Å². The van der Waals surface area contributed by atoms with Crippen molar-refractivity contribution < 1.29 is 4.79 Å². The lowest BCUT2D eigenvalue weighted by Gasteiger charge is -2.35. The molecule has 2 aromatic carbocycles. The molecule has 1 aliphatic heterocycles.